The maximum atomic E-state index is 12.7. The molecule has 0 aliphatic rings. The summed E-state index contributed by atoms with van der Waals surface area (Å²) in [6.07, 6.45) is 2.41. The molecule has 0 aliphatic carbocycles. The van der Waals surface area contributed by atoms with E-state index >= 15 is 0 Å². The Balaban J connectivity index is 2.53. The van der Waals surface area contributed by atoms with Gasteiger partial charge in [-0.2, -0.15) is 11.8 Å². The van der Waals surface area contributed by atoms with Crippen molar-refractivity contribution in [3.63, 3.8) is 0 Å². The Morgan fingerprint density at radius 1 is 1.33 bits per heavy atom. The summed E-state index contributed by atoms with van der Waals surface area (Å²) in [7, 11) is 0. The van der Waals surface area contributed by atoms with Gasteiger partial charge in [0.25, 0.3) is 0 Å². The largest absolute Gasteiger partial charge is 0.329 e. The number of halogens is 1. The average Bonchev–Trinajstić information content (AvgIpc) is 2.26. The normalized spacial score (nSPS) is 12.7. The number of thioether (sulfide) groups is 1. The van der Waals surface area contributed by atoms with Gasteiger partial charge < -0.3 is 5.73 Å². The molecule has 3 heteroatoms. The number of hydrogen-bond acceptors (Lipinski definition) is 2. The fraction of sp³-hybridized carbons (Fsp3) is 0.500. The molecule has 0 amide bonds. The lowest BCUT2D eigenvalue weighted by atomic mass is 10.1. The summed E-state index contributed by atoms with van der Waals surface area (Å²) in [6, 6.07) is 6.65. The Morgan fingerprint density at radius 3 is 2.53 bits per heavy atom. The van der Waals surface area contributed by atoms with E-state index in [-0.39, 0.29) is 5.82 Å². The number of hydrogen-bond donors (Lipinski definition) is 1. The van der Waals surface area contributed by atoms with Gasteiger partial charge in [-0.05, 0) is 29.9 Å². The highest BCUT2D eigenvalue weighted by Crippen LogP contribution is 2.28. The van der Waals surface area contributed by atoms with Gasteiger partial charge in [-0.3, -0.25) is 0 Å². The van der Waals surface area contributed by atoms with Gasteiger partial charge in [0.1, 0.15) is 5.82 Å². The zero-order valence-corrected chi connectivity index (χ0v) is 9.90. The third-order valence-electron chi connectivity index (χ3n) is 2.27. The summed E-state index contributed by atoms with van der Waals surface area (Å²) in [5.74, 6) is 0.934. The second-order valence-corrected chi connectivity index (χ2v) is 4.81. The van der Waals surface area contributed by atoms with Gasteiger partial charge in [-0.1, -0.05) is 25.5 Å². The zero-order chi connectivity index (χ0) is 11.1. The van der Waals surface area contributed by atoms with Crippen molar-refractivity contribution in [1.29, 1.82) is 0 Å². The molecular formula is C12H18FNS. The van der Waals surface area contributed by atoms with Gasteiger partial charge in [0.05, 0.1) is 0 Å². The van der Waals surface area contributed by atoms with Gasteiger partial charge in [0, 0.05) is 11.8 Å². The van der Waals surface area contributed by atoms with E-state index in [1.54, 1.807) is 0 Å². The van der Waals surface area contributed by atoms with Gasteiger partial charge in [0.15, 0.2) is 0 Å². The van der Waals surface area contributed by atoms with Crippen LogP contribution in [-0.2, 0) is 0 Å². The third kappa shape index (κ3) is 4.22. The molecule has 2 N–H and O–H groups in total. The van der Waals surface area contributed by atoms with E-state index in [0.717, 1.165) is 11.3 Å². The summed E-state index contributed by atoms with van der Waals surface area (Å²) >= 11 is 1.86. The van der Waals surface area contributed by atoms with Crippen molar-refractivity contribution >= 4 is 11.8 Å². The minimum absolute atomic E-state index is 0.187. The van der Waals surface area contributed by atoms with E-state index in [1.807, 2.05) is 23.9 Å². The Hall–Kier alpha value is -0.540. The first-order valence-corrected chi connectivity index (χ1v) is 6.40. The van der Waals surface area contributed by atoms with Crippen LogP contribution in [0.15, 0.2) is 24.3 Å². The maximum Gasteiger partial charge on any atom is 0.123 e. The van der Waals surface area contributed by atoms with Crippen molar-refractivity contribution < 1.29 is 4.39 Å². The lowest BCUT2D eigenvalue weighted by Crippen LogP contribution is -2.09. The highest BCUT2D eigenvalue weighted by molar-refractivity contribution is 7.99. The molecule has 1 nitrogen and oxygen atoms in total. The van der Waals surface area contributed by atoms with Crippen molar-refractivity contribution in [2.45, 2.75) is 25.0 Å². The molecule has 15 heavy (non-hydrogen) atoms. The number of benzene rings is 1. The van der Waals surface area contributed by atoms with Crippen LogP contribution in [0, 0.1) is 5.82 Å². The van der Waals surface area contributed by atoms with E-state index in [2.05, 4.69) is 6.92 Å². The van der Waals surface area contributed by atoms with E-state index in [0.29, 0.717) is 11.8 Å². The number of unbranched alkanes of at least 4 members (excludes halogenated alkanes) is 1. The smallest absolute Gasteiger partial charge is 0.123 e. The molecule has 84 valence electrons. The fourth-order valence-electron chi connectivity index (χ4n) is 1.35. The minimum Gasteiger partial charge on any atom is -0.329 e. The van der Waals surface area contributed by atoms with Crippen LogP contribution in [0.1, 0.15) is 30.6 Å². The summed E-state index contributed by atoms with van der Waals surface area (Å²) < 4.78 is 12.7. The quantitative estimate of drug-likeness (QED) is 0.754. The van der Waals surface area contributed by atoms with Crippen LogP contribution in [0.2, 0.25) is 0 Å². The highest BCUT2D eigenvalue weighted by atomic mass is 32.2. The molecule has 1 atom stereocenters. The van der Waals surface area contributed by atoms with Crippen molar-refractivity contribution in [2.24, 2.45) is 5.73 Å². The lowest BCUT2D eigenvalue weighted by Gasteiger charge is -2.14. The predicted molar refractivity (Wildman–Crippen MR) is 65.6 cm³/mol. The zero-order valence-electron chi connectivity index (χ0n) is 9.08. The number of rotatable bonds is 6. The van der Waals surface area contributed by atoms with E-state index in [4.69, 9.17) is 5.73 Å². The standard InChI is InChI=1S/C12H18FNS/c1-2-3-8-15-12(9-14)10-4-6-11(13)7-5-10/h4-7,12H,2-3,8-9,14H2,1H3. The first kappa shape index (κ1) is 12.5. The second kappa shape index (κ2) is 6.85. The minimum atomic E-state index is -0.187. The van der Waals surface area contributed by atoms with Gasteiger partial charge in [-0.25, -0.2) is 4.39 Å². The molecule has 1 aromatic rings. The molecule has 1 unspecified atom stereocenters. The van der Waals surface area contributed by atoms with Crippen LogP contribution < -0.4 is 5.73 Å². The molecule has 1 rings (SSSR count). The SMILES string of the molecule is CCCCSC(CN)c1ccc(F)cc1. The van der Waals surface area contributed by atoms with Crippen LogP contribution in [0.5, 0.6) is 0 Å². The molecule has 0 fully saturated rings. The molecule has 0 saturated carbocycles. The van der Waals surface area contributed by atoms with Crippen molar-refractivity contribution in [1.82, 2.24) is 0 Å². The van der Waals surface area contributed by atoms with Gasteiger partial charge in [0.2, 0.25) is 0 Å². The lowest BCUT2D eigenvalue weighted by molar-refractivity contribution is 0.627. The van der Waals surface area contributed by atoms with Crippen molar-refractivity contribution in [3.8, 4) is 0 Å². The molecule has 0 heterocycles. The molecule has 0 bridgehead atoms. The van der Waals surface area contributed by atoms with Crippen molar-refractivity contribution in [2.75, 3.05) is 12.3 Å². The highest BCUT2D eigenvalue weighted by Gasteiger charge is 2.09. The molecule has 0 saturated heterocycles. The summed E-state index contributed by atoms with van der Waals surface area (Å²) in [4.78, 5) is 0. The monoisotopic (exact) mass is 227 g/mol. The molecule has 0 spiro atoms. The Bertz CT molecular complexity index is 273. The Labute approximate surface area is 95.2 Å². The summed E-state index contributed by atoms with van der Waals surface area (Å²) in [6.45, 7) is 2.79. The molecular weight excluding hydrogens is 209 g/mol. The Kier molecular flexibility index (Phi) is 5.73. The first-order chi connectivity index (χ1) is 7.27. The molecule has 0 radical (unpaired) electrons. The van der Waals surface area contributed by atoms with Gasteiger partial charge >= 0.3 is 0 Å². The van der Waals surface area contributed by atoms with Crippen LogP contribution in [0.3, 0.4) is 0 Å². The number of nitrogens with two attached hydrogens (primary N) is 1. The van der Waals surface area contributed by atoms with Crippen LogP contribution in [-0.4, -0.2) is 12.3 Å². The second-order valence-electron chi connectivity index (χ2n) is 3.50. The average molecular weight is 227 g/mol. The van der Waals surface area contributed by atoms with E-state index < -0.39 is 0 Å². The Morgan fingerprint density at radius 2 is 2.00 bits per heavy atom. The molecule has 0 aromatic heterocycles. The first-order valence-electron chi connectivity index (χ1n) is 5.35. The topological polar surface area (TPSA) is 26.0 Å². The predicted octanol–water partition coefficient (Wildman–Crippen LogP) is 3.36. The third-order valence-corrected chi connectivity index (χ3v) is 3.66. The van der Waals surface area contributed by atoms with E-state index in [9.17, 15) is 4.39 Å². The summed E-state index contributed by atoms with van der Waals surface area (Å²) in [5, 5.41) is 0.303. The van der Waals surface area contributed by atoms with Crippen molar-refractivity contribution in [3.05, 3.63) is 35.6 Å². The fourth-order valence-corrected chi connectivity index (χ4v) is 2.57. The van der Waals surface area contributed by atoms with Crippen LogP contribution in [0.4, 0.5) is 4.39 Å². The van der Waals surface area contributed by atoms with Gasteiger partial charge in [-0.15, -0.1) is 0 Å². The molecule has 0 aliphatic heterocycles. The van der Waals surface area contributed by atoms with Crippen LogP contribution in [0.25, 0.3) is 0 Å². The molecule has 1 aromatic carbocycles. The maximum absolute atomic E-state index is 12.7. The van der Waals surface area contributed by atoms with E-state index in [1.165, 1.54) is 25.0 Å². The summed E-state index contributed by atoms with van der Waals surface area (Å²) in [5.41, 5.74) is 6.84. The van der Waals surface area contributed by atoms with Crippen LogP contribution >= 0.6 is 11.8 Å².